The van der Waals surface area contributed by atoms with Crippen LogP contribution in [0, 0.1) is 5.92 Å². The number of nitrogens with one attached hydrogen (secondary N) is 1. The number of aliphatic carboxylic acids is 1. The Morgan fingerprint density at radius 1 is 1.44 bits per heavy atom. The maximum atomic E-state index is 11.4. The van der Waals surface area contributed by atoms with Crippen molar-refractivity contribution in [3.05, 3.63) is 0 Å². The quantitative estimate of drug-likeness (QED) is 0.602. The number of carboxylic acids is 1. The lowest BCUT2D eigenvalue weighted by molar-refractivity contribution is -0.144. The fraction of sp³-hybridized carbons (Fsp3) is 0.700. The Morgan fingerprint density at radius 2 is 2.19 bits per heavy atom. The van der Waals surface area contributed by atoms with Crippen molar-refractivity contribution in [2.75, 3.05) is 13.1 Å². The zero-order chi connectivity index (χ0) is 11.7. The Kier molecular flexibility index (Phi) is 2.91. The fourth-order valence-corrected chi connectivity index (χ4v) is 2.33. The number of carbonyl (C=O) groups excluding carboxylic acids is 2. The summed E-state index contributed by atoms with van der Waals surface area (Å²) in [5.41, 5.74) is 0. The molecular formula is C10H14N2O4. The number of imide groups is 1. The first kappa shape index (κ1) is 11.1. The first-order valence-electron chi connectivity index (χ1n) is 5.38. The molecule has 0 saturated carbocycles. The van der Waals surface area contributed by atoms with E-state index in [1.165, 1.54) is 0 Å². The summed E-state index contributed by atoms with van der Waals surface area (Å²) >= 11 is 0. The predicted octanol–water partition coefficient (Wildman–Crippen LogP) is -0.802. The summed E-state index contributed by atoms with van der Waals surface area (Å²) in [5.74, 6) is -1.81. The summed E-state index contributed by atoms with van der Waals surface area (Å²) in [6.45, 7) is 1.05. The zero-order valence-corrected chi connectivity index (χ0v) is 8.81. The second-order valence-electron chi connectivity index (χ2n) is 4.30. The van der Waals surface area contributed by atoms with Crippen LogP contribution in [-0.4, -0.2) is 46.9 Å². The van der Waals surface area contributed by atoms with Crippen LogP contribution in [0.5, 0.6) is 0 Å². The van der Waals surface area contributed by atoms with Crippen LogP contribution in [0.2, 0.25) is 0 Å². The molecule has 2 aliphatic heterocycles. The Labute approximate surface area is 92.6 Å². The van der Waals surface area contributed by atoms with Crippen molar-refractivity contribution in [1.29, 1.82) is 0 Å². The van der Waals surface area contributed by atoms with Gasteiger partial charge in [0.2, 0.25) is 11.8 Å². The molecule has 0 aromatic heterocycles. The number of carbonyl (C=O) groups is 3. The predicted molar refractivity (Wildman–Crippen MR) is 53.5 cm³/mol. The molecule has 2 N–H and O–H groups in total. The summed E-state index contributed by atoms with van der Waals surface area (Å²) in [4.78, 5) is 35.2. The molecule has 88 valence electrons. The summed E-state index contributed by atoms with van der Waals surface area (Å²) in [7, 11) is 0. The Bertz CT molecular complexity index is 342. The van der Waals surface area contributed by atoms with Gasteiger partial charge in [0.15, 0.2) is 0 Å². The average molecular weight is 226 g/mol. The lowest BCUT2D eigenvalue weighted by atomic mass is 9.96. The topological polar surface area (TPSA) is 86.7 Å². The summed E-state index contributed by atoms with van der Waals surface area (Å²) < 4.78 is 0. The first-order valence-corrected chi connectivity index (χ1v) is 5.38. The van der Waals surface area contributed by atoms with Crippen molar-refractivity contribution in [1.82, 2.24) is 10.2 Å². The van der Waals surface area contributed by atoms with E-state index in [1.54, 1.807) is 0 Å². The van der Waals surface area contributed by atoms with E-state index < -0.39 is 17.9 Å². The van der Waals surface area contributed by atoms with Gasteiger partial charge >= 0.3 is 5.97 Å². The highest BCUT2D eigenvalue weighted by Crippen LogP contribution is 2.21. The van der Waals surface area contributed by atoms with Gasteiger partial charge < -0.3 is 5.11 Å². The Morgan fingerprint density at radius 3 is 2.75 bits per heavy atom. The van der Waals surface area contributed by atoms with Crippen molar-refractivity contribution < 1.29 is 19.5 Å². The highest BCUT2D eigenvalue weighted by atomic mass is 16.4. The highest BCUT2D eigenvalue weighted by molar-refractivity contribution is 6.05. The molecule has 2 heterocycles. The Balaban J connectivity index is 2.02. The number of amides is 2. The van der Waals surface area contributed by atoms with E-state index in [1.807, 2.05) is 4.90 Å². The van der Waals surface area contributed by atoms with Gasteiger partial charge in [0, 0.05) is 6.54 Å². The summed E-state index contributed by atoms with van der Waals surface area (Å²) in [6.07, 6.45) is 1.56. The lowest BCUT2D eigenvalue weighted by Gasteiger charge is -2.33. The summed E-state index contributed by atoms with van der Waals surface area (Å²) in [5, 5.41) is 11.2. The Hall–Kier alpha value is -1.43. The molecule has 0 spiro atoms. The molecule has 0 aliphatic carbocycles. The SMILES string of the molecule is O=C1CC(N2CCCC(C(=O)O)C2)C(=O)N1. The highest BCUT2D eigenvalue weighted by Gasteiger charge is 2.38. The number of hydrogen-bond acceptors (Lipinski definition) is 4. The molecule has 0 radical (unpaired) electrons. The normalized spacial score (nSPS) is 31.5. The number of piperidine rings is 1. The molecule has 0 bridgehead atoms. The smallest absolute Gasteiger partial charge is 0.307 e. The molecule has 2 rings (SSSR count). The van der Waals surface area contributed by atoms with Gasteiger partial charge in [0.1, 0.15) is 0 Å². The van der Waals surface area contributed by atoms with Crippen molar-refractivity contribution in [3.8, 4) is 0 Å². The van der Waals surface area contributed by atoms with Crippen LogP contribution in [0.1, 0.15) is 19.3 Å². The second kappa shape index (κ2) is 4.21. The second-order valence-corrected chi connectivity index (χ2v) is 4.30. The third-order valence-electron chi connectivity index (χ3n) is 3.19. The average Bonchev–Trinajstić information content (AvgIpc) is 2.58. The van der Waals surface area contributed by atoms with E-state index in [2.05, 4.69) is 5.32 Å². The molecule has 2 fully saturated rings. The molecule has 2 amide bonds. The van der Waals surface area contributed by atoms with Gasteiger partial charge in [0.25, 0.3) is 0 Å². The van der Waals surface area contributed by atoms with Crippen LogP contribution in [-0.2, 0) is 14.4 Å². The van der Waals surface area contributed by atoms with Gasteiger partial charge in [-0.05, 0) is 19.4 Å². The van der Waals surface area contributed by atoms with Crippen LogP contribution in [0.15, 0.2) is 0 Å². The van der Waals surface area contributed by atoms with Crippen LogP contribution in [0.3, 0.4) is 0 Å². The molecule has 2 unspecified atom stereocenters. The van der Waals surface area contributed by atoms with E-state index >= 15 is 0 Å². The molecule has 0 aromatic carbocycles. The lowest BCUT2D eigenvalue weighted by Crippen LogP contribution is -2.47. The molecule has 16 heavy (non-hydrogen) atoms. The molecule has 2 aliphatic rings. The van der Waals surface area contributed by atoms with Crippen LogP contribution in [0.4, 0.5) is 0 Å². The van der Waals surface area contributed by atoms with Gasteiger partial charge in [-0.15, -0.1) is 0 Å². The largest absolute Gasteiger partial charge is 0.481 e. The number of likely N-dealkylation sites (tertiary alicyclic amines) is 1. The third kappa shape index (κ3) is 2.06. The van der Waals surface area contributed by atoms with Crippen LogP contribution >= 0.6 is 0 Å². The maximum absolute atomic E-state index is 11.4. The molecule has 6 nitrogen and oxygen atoms in total. The van der Waals surface area contributed by atoms with Gasteiger partial charge in [-0.1, -0.05) is 0 Å². The first-order chi connectivity index (χ1) is 7.58. The van der Waals surface area contributed by atoms with E-state index in [9.17, 15) is 14.4 Å². The van der Waals surface area contributed by atoms with Crippen molar-refractivity contribution >= 4 is 17.8 Å². The minimum atomic E-state index is -0.825. The molecule has 6 heteroatoms. The molecule has 0 aromatic rings. The van der Waals surface area contributed by atoms with E-state index in [0.717, 1.165) is 6.42 Å². The number of rotatable bonds is 2. The maximum Gasteiger partial charge on any atom is 0.307 e. The van der Waals surface area contributed by atoms with Gasteiger partial charge in [-0.3, -0.25) is 24.6 Å². The number of carboxylic acid groups (broad SMARTS) is 1. The third-order valence-corrected chi connectivity index (χ3v) is 3.19. The standard InChI is InChI=1S/C10H14N2O4/c13-8-4-7(9(14)11-8)12-3-1-2-6(5-12)10(15)16/h6-7H,1-5H2,(H,15,16)(H,11,13,14). The van der Waals surface area contributed by atoms with E-state index in [4.69, 9.17) is 5.11 Å². The molecule has 2 saturated heterocycles. The molecule has 2 atom stereocenters. The van der Waals surface area contributed by atoms with Gasteiger partial charge in [0.05, 0.1) is 18.4 Å². The van der Waals surface area contributed by atoms with E-state index in [0.29, 0.717) is 19.5 Å². The zero-order valence-electron chi connectivity index (χ0n) is 8.81. The van der Waals surface area contributed by atoms with Crippen LogP contribution < -0.4 is 5.32 Å². The monoisotopic (exact) mass is 226 g/mol. The summed E-state index contributed by atoms with van der Waals surface area (Å²) in [6, 6.07) is -0.463. The minimum Gasteiger partial charge on any atom is -0.481 e. The molecular weight excluding hydrogens is 212 g/mol. The van der Waals surface area contributed by atoms with E-state index in [-0.39, 0.29) is 18.2 Å². The van der Waals surface area contributed by atoms with Crippen LogP contribution in [0.25, 0.3) is 0 Å². The van der Waals surface area contributed by atoms with Crippen molar-refractivity contribution in [2.45, 2.75) is 25.3 Å². The minimum absolute atomic E-state index is 0.158. The fourth-order valence-electron chi connectivity index (χ4n) is 2.33. The van der Waals surface area contributed by atoms with Gasteiger partial charge in [-0.25, -0.2) is 0 Å². The number of nitrogens with zero attached hydrogens (tertiary/aromatic N) is 1. The van der Waals surface area contributed by atoms with Crippen molar-refractivity contribution in [3.63, 3.8) is 0 Å². The number of hydrogen-bond donors (Lipinski definition) is 2. The van der Waals surface area contributed by atoms with Crippen molar-refractivity contribution in [2.24, 2.45) is 5.92 Å². The van der Waals surface area contributed by atoms with Gasteiger partial charge in [-0.2, -0.15) is 0 Å².